The molecule has 0 aliphatic carbocycles. The largest absolute Gasteiger partial charge is 0.481 e. The normalized spacial score (nSPS) is 11.6. The van der Waals surface area contributed by atoms with E-state index in [2.05, 4.69) is 24.5 Å². The number of ether oxygens (including phenoxy) is 1. The molecule has 3 amide bonds. The predicted octanol–water partition coefficient (Wildman–Crippen LogP) is 2.74. The van der Waals surface area contributed by atoms with Gasteiger partial charge in [-0.3, -0.25) is 14.4 Å². The lowest BCUT2D eigenvalue weighted by atomic mass is 9.98. The highest BCUT2D eigenvalue weighted by atomic mass is 16.5. The Morgan fingerprint density at radius 1 is 1.03 bits per heavy atom. The van der Waals surface area contributed by atoms with Crippen molar-refractivity contribution in [2.75, 3.05) is 11.9 Å². The lowest BCUT2D eigenvalue weighted by molar-refractivity contribution is -0.122. The minimum Gasteiger partial charge on any atom is -0.481 e. The third-order valence-corrected chi connectivity index (χ3v) is 4.38. The van der Waals surface area contributed by atoms with Crippen molar-refractivity contribution in [2.24, 2.45) is 5.73 Å². The zero-order valence-corrected chi connectivity index (χ0v) is 17.1. The number of hydrogen-bond donors (Lipinski definition) is 3. The first-order valence-corrected chi connectivity index (χ1v) is 9.42. The van der Waals surface area contributed by atoms with E-state index in [1.54, 1.807) is 31.2 Å². The average molecular weight is 397 g/mol. The zero-order valence-electron chi connectivity index (χ0n) is 17.1. The first-order chi connectivity index (χ1) is 13.7. The van der Waals surface area contributed by atoms with E-state index in [1.807, 2.05) is 25.1 Å². The van der Waals surface area contributed by atoms with Gasteiger partial charge in [0.05, 0.1) is 6.54 Å². The number of rotatable bonds is 8. The number of hydrogen-bond acceptors (Lipinski definition) is 4. The predicted molar refractivity (Wildman–Crippen MR) is 112 cm³/mol. The summed E-state index contributed by atoms with van der Waals surface area (Å²) in [6.07, 6.45) is -0.696. The number of nitrogens with one attached hydrogen (secondary N) is 2. The number of carbonyl (C=O) groups is 3. The van der Waals surface area contributed by atoms with Crippen molar-refractivity contribution in [3.8, 4) is 5.75 Å². The SMILES string of the molecule is Cc1cc(OC(C)C(=O)Nc2ccc(C(=O)NCC(N)=O)cc2)ccc1C(C)C. The molecule has 0 radical (unpaired) electrons. The van der Waals surface area contributed by atoms with Crippen LogP contribution >= 0.6 is 0 Å². The summed E-state index contributed by atoms with van der Waals surface area (Å²) in [7, 11) is 0. The highest BCUT2D eigenvalue weighted by Gasteiger charge is 2.16. The van der Waals surface area contributed by atoms with Gasteiger partial charge in [-0.25, -0.2) is 0 Å². The minimum atomic E-state index is -0.696. The molecular formula is C22H27N3O4. The number of primary amides is 1. The Hall–Kier alpha value is -3.35. The maximum Gasteiger partial charge on any atom is 0.265 e. The van der Waals surface area contributed by atoms with E-state index in [0.29, 0.717) is 22.9 Å². The molecule has 0 aromatic heterocycles. The Morgan fingerprint density at radius 3 is 2.24 bits per heavy atom. The summed E-state index contributed by atoms with van der Waals surface area (Å²) < 4.78 is 5.76. The van der Waals surface area contributed by atoms with Crippen LogP contribution in [0.4, 0.5) is 5.69 Å². The maximum absolute atomic E-state index is 12.4. The van der Waals surface area contributed by atoms with E-state index in [9.17, 15) is 14.4 Å². The van der Waals surface area contributed by atoms with Crippen molar-refractivity contribution >= 4 is 23.4 Å². The zero-order chi connectivity index (χ0) is 21.6. The van der Waals surface area contributed by atoms with Gasteiger partial charge in [0.15, 0.2) is 6.10 Å². The van der Waals surface area contributed by atoms with Crippen LogP contribution in [0.5, 0.6) is 5.75 Å². The van der Waals surface area contributed by atoms with Gasteiger partial charge in [0.2, 0.25) is 5.91 Å². The molecule has 0 fully saturated rings. The van der Waals surface area contributed by atoms with Crippen LogP contribution in [-0.2, 0) is 9.59 Å². The van der Waals surface area contributed by atoms with E-state index >= 15 is 0 Å². The Morgan fingerprint density at radius 2 is 1.69 bits per heavy atom. The van der Waals surface area contributed by atoms with Crippen LogP contribution in [-0.4, -0.2) is 30.4 Å². The second kappa shape index (κ2) is 9.73. The molecule has 0 saturated heterocycles. The summed E-state index contributed by atoms with van der Waals surface area (Å²) >= 11 is 0. The Bertz CT molecular complexity index is 891. The molecule has 1 unspecified atom stereocenters. The summed E-state index contributed by atoms with van der Waals surface area (Å²) in [6.45, 7) is 7.72. The fraction of sp³-hybridized carbons (Fsp3) is 0.318. The molecule has 7 nitrogen and oxygen atoms in total. The van der Waals surface area contributed by atoms with Crippen LogP contribution in [0.2, 0.25) is 0 Å². The molecule has 2 rings (SSSR count). The highest BCUT2D eigenvalue weighted by molar-refractivity contribution is 5.98. The first-order valence-electron chi connectivity index (χ1n) is 9.42. The molecule has 0 bridgehead atoms. The summed E-state index contributed by atoms with van der Waals surface area (Å²) in [4.78, 5) is 35.0. The number of amides is 3. The van der Waals surface area contributed by atoms with Gasteiger partial charge in [-0.05, 0) is 67.3 Å². The number of aryl methyl sites for hydroxylation is 1. The van der Waals surface area contributed by atoms with Crippen molar-refractivity contribution in [2.45, 2.75) is 39.7 Å². The van der Waals surface area contributed by atoms with Crippen LogP contribution in [0.1, 0.15) is 48.2 Å². The van der Waals surface area contributed by atoms with Gasteiger partial charge in [0, 0.05) is 11.3 Å². The van der Waals surface area contributed by atoms with Gasteiger partial charge in [0.1, 0.15) is 5.75 Å². The molecule has 29 heavy (non-hydrogen) atoms. The third kappa shape index (κ3) is 6.34. The molecule has 2 aromatic carbocycles. The lowest BCUT2D eigenvalue weighted by Gasteiger charge is -2.17. The van der Waals surface area contributed by atoms with Gasteiger partial charge >= 0.3 is 0 Å². The lowest BCUT2D eigenvalue weighted by Crippen LogP contribution is -2.33. The van der Waals surface area contributed by atoms with E-state index < -0.39 is 17.9 Å². The van der Waals surface area contributed by atoms with Crippen molar-refractivity contribution in [3.05, 3.63) is 59.2 Å². The molecule has 0 saturated carbocycles. The molecule has 0 heterocycles. The second-order valence-corrected chi connectivity index (χ2v) is 7.15. The molecular weight excluding hydrogens is 370 g/mol. The van der Waals surface area contributed by atoms with Gasteiger partial charge < -0.3 is 21.1 Å². The molecule has 0 aliphatic rings. The molecule has 1 atom stereocenters. The van der Waals surface area contributed by atoms with Gasteiger partial charge in [-0.15, -0.1) is 0 Å². The smallest absolute Gasteiger partial charge is 0.265 e. The summed E-state index contributed by atoms with van der Waals surface area (Å²) in [5.41, 5.74) is 8.25. The van der Waals surface area contributed by atoms with Crippen molar-refractivity contribution < 1.29 is 19.1 Å². The van der Waals surface area contributed by atoms with Crippen LogP contribution < -0.4 is 21.1 Å². The number of carbonyl (C=O) groups excluding carboxylic acids is 3. The Labute approximate surface area is 170 Å². The molecule has 0 spiro atoms. The topological polar surface area (TPSA) is 111 Å². The first kappa shape index (κ1) is 21.9. The van der Waals surface area contributed by atoms with E-state index in [-0.39, 0.29) is 12.5 Å². The van der Waals surface area contributed by atoms with Crippen molar-refractivity contribution in [1.82, 2.24) is 5.32 Å². The quantitative estimate of drug-likeness (QED) is 0.636. The molecule has 4 N–H and O–H groups in total. The van der Waals surface area contributed by atoms with E-state index in [1.165, 1.54) is 5.56 Å². The molecule has 2 aromatic rings. The van der Waals surface area contributed by atoms with E-state index in [4.69, 9.17) is 10.5 Å². The monoisotopic (exact) mass is 397 g/mol. The fourth-order valence-corrected chi connectivity index (χ4v) is 2.85. The Balaban J connectivity index is 1.94. The van der Waals surface area contributed by atoms with Crippen LogP contribution in [0.15, 0.2) is 42.5 Å². The van der Waals surface area contributed by atoms with Crippen molar-refractivity contribution in [1.29, 1.82) is 0 Å². The molecule has 0 aliphatic heterocycles. The third-order valence-electron chi connectivity index (χ3n) is 4.38. The fourth-order valence-electron chi connectivity index (χ4n) is 2.85. The summed E-state index contributed by atoms with van der Waals surface area (Å²) in [6, 6.07) is 12.1. The van der Waals surface area contributed by atoms with E-state index in [0.717, 1.165) is 5.56 Å². The van der Waals surface area contributed by atoms with Crippen LogP contribution in [0, 0.1) is 6.92 Å². The summed E-state index contributed by atoms with van der Waals surface area (Å²) in [5.74, 6) is -0.285. The minimum absolute atomic E-state index is 0.232. The van der Waals surface area contributed by atoms with Crippen LogP contribution in [0.3, 0.4) is 0 Å². The Kier molecular flexibility index (Phi) is 7.36. The van der Waals surface area contributed by atoms with Crippen molar-refractivity contribution in [3.63, 3.8) is 0 Å². The molecule has 154 valence electrons. The maximum atomic E-state index is 12.4. The van der Waals surface area contributed by atoms with Gasteiger partial charge in [-0.1, -0.05) is 19.9 Å². The van der Waals surface area contributed by atoms with Gasteiger partial charge in [-0.2, -0.15) is 0 Å². The number of anilines is 1. The molecule has 7 heteroatoms. The second-order valence-electron chi connectivity index (χ2n) is 7.15. The van der Waals surface area contributed by atoms with Gasteiger partial charge in [0.25, 0.3) is 11.8 Å². The van der Waals surface area contributed by atoms with Crippen LogP contribution in [0.25, 0.3) is 0 Å². The number of benzene rings is 2. The highest BCUT2D eigenvalue weighted by Crippen LogP contribution is 2.24. The standard InChI is InChI=1S/C22H27N3O4/c1-13(2)19-10-9-18(11-14(19)3)29-15(4)21(27)25-17-7-5-16(6-8-17)22(28)24-12-20(23)26/h5-11,13,15H,12H2,1-4H3,(H2,23,26)(H,24,28)(H,25,27). The number of nitrogens with two attached hydrogens (primary N) is 1. The summed E-state index contributed by atoms with van der Waals surface area (Å²) in [5, 5.41) is 5.15. The average Bonchev–Trinajstić information content (AvgIpc) is 2.66.